The van der Waals surface area contributed by atoms with E-state index in [2.05, 4.69) is 17.4 Å². The Balaban J connectivity index is 1.56. The predicted octanol–water partition coefficient (Wildman–Crippen LogP) is 4.86. The van der Waals surface area contributed by atoms with Gasteiger partial charge in [-0.3, -0.25) is 0 Å². The molecule has 28 heavy (non-hydrogen) atoms. The molecule has 146 valence electrons. The summed E-state index contributed by atoms with van der Waals surface area (Å²) in [6.45, 7) is 4.04. The first-order chi connectivity index (χ1) is 13.5. The van der Waals surface area contributed by atoms with E-state index in [9.17, 15) is 9.18 Å². The van der Waals surface area contributed by atoms with Gasteiger partial charge in [-0.2, -0.15) is 0 Å². The van der Waals surface area contributed by atoms with Gasteiger partial charge in [-0.05, 0) is 53.8 Å². The van der Waals surface area contributed by atoms with Crippen LogP contribution in [0.5, 0.6) is 0 Å². The van der Waals surface area contributed by atoms with Crippen LogP contribution in [0.1, 0.15) is 25.0 Å². The molecule has 0 saturated heterocycles. The van der Waals surface area contributed by atoms with Gasteiger partial charge < -0.3 is 14.6 Å². The van der Waals surface area contributed by atoms with Crippen LogP contribution in [0, 0.1) is 11.7 Å². The topological polar surface area (TPSA) is 43.3 Å². The van der Waals surface area contributed by atoms with Crippen LogP contribution < -0.4 is 5.32 Å². The first kappa shape index (κ1) is 19.7. The summed E-state index contributed by atoms with van der Waals surface area (Å²) in [5, 5.41) is 3.13. The van der Waals surface area contributed by atoms with Crippen molar-refractivity contribution in [2.24, 2.45) is 5.92 Å². The van der Waals surface area contributed by atoms with Gasteiger partial charge in [0.1, 0.15) is 11.9 Å². The number of rotatable bonds is 8. The maximum absolute atomic E-state index is 13.1. The fourth-order valence-electron chi connectivity index (χ4n) is 2.96. The van der Waals surface area contributed by atoms with Crippen molar-refractivity contribution in [2.45, 2.75) is 33.0 Å². The molecule has 3 rings (SSSR count). The normalized spacial score (nSPS) is 12.0. The highest BCUT2D eigenvalue weighted by Gasteiger charge is 2.23. The molecule has 1 heterocycles. The number of carbonyl (C=O) groups is 1. The van der Waals surface area contributed by atoms with Crippen molar-refractivity contribution in [2.75, 3.05) is 5.32 Å². The third kappa shape index (κ3) is 5.46. The van der Waals surface area contributed by atoms with E-state index in [1.807, 2.05) is 55.1 Å². The molecule has 0 aliphatic carbocycles. The van der Waals surface area contributed by atoms with Gasteiger partial charge in [0.15, 0.2) is 6.73 Å². The zero-order valence-corrected chi connectivity index (χ0v) is 16.1. The number of ether oxygens (including phenoxy) is 1. The SMILES string of the molecule is CC(C)C(Nc1ccc(F)cc1)C(=O)OCn1ccc(Cc2ccccc2)c1. The molecule has 0 saturated carbocycles. The van der Waals surface area contributed by atoms with Crippen LogP contribution in [0.2, 0.25) is 0 Å². The highest BCUT2D eigenvalue weighted by molar-refractivity contribution is 5.79. The number of hydrogen-bond donors (Lipinski definition) is 1. The molecule has 1 N–H and O–H groups in total. The third-order valence-electron chi connectivity index (χ3n) is 4.51. The Morgan fingerprint density at radius 2 is 1.75 bits per heavy atom. The average Bonchev–Trinajstić information content (AvgIpc) is 3.13. The summed E-state index contributed by atoms with van der Waals surface area (Å²) in [6.07, 6.45) is 4.73. The van der Waals surface area contributed by atoms with Crippen molar-refractivity contribution in [3.05, 3.63) is 90.0 Å². The third-order valence-corrected chi connectivity index (χ3v) is 4.51. The van der Waals surface area contributed by atoms with Crippen molar-refractivity contribution in [3.8, 4) is 0 Å². The van der Waals surface area contributed by atoms with E-state index >= 15 is 0 Å². The van der Waals surface area contributed by atoms with Gasteiger partial charge in [0.25, 0.3) is 0 Å². The molecule has 0 spiro atoms. The zero-order chi connectivity index (χ0) is 19.9. The standard InChI is InChI=1S/C23H25FN2O2/c1-17(2)22(25-21-10-8-20(24)9-11-21)23(27)28-16-26-13-12-19(15-26)14-18-6-4-3-5-7-18/h3-13,15,17,22,25H,14,16H2,1-2H3. The lowest BCUT2D eigenvalue weighted by atomic mass is 10.0. The van der Waals surface area contributed by atoms with E-state index in [0.717, 1.165) is 12.0 Å². The van der Waals surface area contributed by atoms with Gasteiger partial charge in [-0.25, -0.2) is 9.18 Å². The van der Waals surface area contributed by atoms with Crippen molar-refractivity contribution in [1.82, 2.24) is 4.57 Å². The van der Waals surface area contributed by atoms with E-state index in [1.54, 1.807) is 12.1 Å². The minimum absolute atomic E-state index is 0.0239. The molecule has 2 aromatic carbocycles. The van der Waals surface area contributed by atoms with Crippen molar-refractivity contribution in [3.63, 3.8) is 0 Å². The highest BCUT2D eigenvalue weighted by Crippen LogP contribution is 2.15. The van der Waals surface area contributed by atoms with Crippen LogP contribution >= 0.6 is 0 Å². The van der Waals surface area contributed by atoms with E-state index in [0.29, 0.717) is 5.69 Å². The minimum atomic E-state index is -0.509. The number of carbonyl (C=O) groups excluding carboxylic acids is 1. The van der Waals surface area contributed by atoms with Crippen LogP contribution in [-0.2, 0) is 22.7 Å². The second kappa shape index (κ2) is 9.22. The molecule has 0 aliphatic heterocycles. The van der Waals surface area contributed by atoms with Gasteiger partial charge in [0.05, 0.1) is 0 Å². The Bertz CT molecular complexity index is 888. The van der Waals surface area contributed by atoms with Crippen LogP contribution in [0.3, 0.4) is 0 Å². The van der Waals surface area contributed by atoms with Crippen LogP contribution in [0.25, 0.3) is 0 Å². The number of aromatic nitrogens is 1. The van der Waals surface area contributed by atoms with Crippen molar-refractivity contribution < 1.29 is 13.9 Å². The Morgan fingerprint density at radius 3 is 2.43 bits per heavy atom. The lowest BCUT2D eigenvalue weighted by Gasteiger charge is -2.22. The molecule has 0 fully saturated rings. The van der Waals surface area contributed by atoms with Gasteiger partial charge in [-0.1, -0.05) is 44.2 Å². The molecule has 3 aromatic rings. The fraction of sp³-hybridized carbons (Fsp3) is 0.261. The Kier molecular flexibility index (Phi) is 6.48. The fourth-order valence-corrected chi connectivity index (χ4v) is 2.96. The summed E-state index contributed by atoms with van der Waals surface area (Å²) < 4.78 is 20.4. The van der Waals surface area contributed by atoms with Gasteiger partial charge in [0, 0.05) is 18.1 Å². The molecule has 0 radical (unpaired) electrons. The van der Waals surface area contributed by atoms with E-state index in [4.69, 9.17) is 4.74 Å². The molecule has 0 amide bonds. The first-order valence-corrected chi connectivity index (χ1v) is 9.38. The summed E-state index contributed by atoms with van der Waals surface area (Å²) in [6, 6.07) is 17.7. The quantitative estimate of drug-likeness (QED) is 0.568. The summed E-state index contributed by atoms with van der Waals surface area (Å²) in [5.74, 6) is -0.623. The molecular weight excluding hydrogens is 355 g/mol. The molecule has 5 heteroatoms. The number of nitrogens with one attached hydrogen (secondary N) is 1. The van der Waals surface area contributed by atoms with Crippen LogP contribution in [0.4, 0.5) is 10.1 Å². The number of halogens is 1. The van der Waals surface area contributed by atoms with E-state index in [-0.39, 0.29) is 24.4 Å². The maximum Gasteiger partial charge on any atom is 0.330 e. The molecule has 0 bridgehead atoms. The number of hydrogen-bond acceptors (Lipinski definition) is 3. The second-order valence-corrected chi connectivity index (χ2v) is 7.16. The lowest BCUT2D eigenvalue weighted by molar-refractivity contribution is -0.149. The molecule has 1 unspecified atom stereocenters. The second-order valence-electron chi connectivity index (χ2n) is 7.16. The number of nitrogens with zero attached hydrogens (tertiary/aromatic N) is 1. The van der Waals surface area contributed by atoms with Gasteiger partial charge >= 0.3 is 5.97 Å². The predicted molar refractivity (Wildman–Crippen MR) is 108 cm³/mol. The minimum Gasteiger partial charge on any atom is -0.442 e. The summed E-state index contributed by atoms with van der Waals surface area (Å²) >= 11 is 0. The first-order valence-electron chi connectivity index (χ1n) is 9.38. The average molecular weight is 380 g/mol. The molecular formula is C23H25FN2O2. The van der Waals surface area contributed by atoms with Crippen LogP contribution in [-0.4, -0.2) is 16.6 Å². The van der Waals surface area contributed by atoms with Gasteiger partial charge in [0.2, 0.25) is 0 Å². The highest BCUT2D eigenvalue weighted by atomic mass is 19.1. The van der Waals surface area contributed by atoms with E-state index < -0.39 is 6.04 Å². The van der Waals surface area contributed by atoms with E-state index in [1.165, 1.54) is 17.7 Å². The Labute approximate surface area is 165 Å². The molecule has 1 aromatic heterocycles. The summed E-state index contributed by atoms with van der Waals surface area (Å²) in [7, 11) is 0. The smallest absolute Gasteiger partial charge is 0.330 e. The molecule has 1 atom stereocenters. The monoisotopic (exact) mass is 380 g/mol. The lowest BCUT2D eigenvalue weighted by Crippen LogP contribution is -2.36. The van der Waals surface area contributed by atoms with Crippen LogP contribution in [0.15, 0.2) is 73.1 Å². The number of esters is 1. The van der Waals surface area contributed by atoms with Gasteiger partial charge in [-0.15, -0.1) is 0 Å². The Hall–Kier alpha value is -3.08. The zero-order valence-electron chi connectivity index (χ0n) is 16.1. The maximum atomic E-state index is 13.1. The number of anilines is 1. The van der Waals surface area contributed by atoms with Crippen molar-refractivity contribution >= 4 is 11.7 Å². The van der Waals surface area contributed by atoms with Crippen molar-refractivity contribution in [1.29, 1.82) is 0 Å². The largest absolute Gasteiger partial charge is 0.442 e. The Morgan fingerprint density at radius 1 is 1.04 bits per heavy atom. The summed E-state index contributed by atoms with van der Waals surface area (Å²) in [5.41, 5.74) is 3.08. The number of benzene rings is 2. The molecule has 4 nitrogen and oxygen atoms in total. The molecule has 0 aliphatic rings. The summed E-state index contributed by atoms with van der Waals surface area (Å²) in [4.78, 5) is 12.6.